The molecule has 0 amide bonds. The van der Waals surface area contributed by atoms with Crippen LogP contribution in [0.4, 0.5) is 10.3 Å². The number of thiazole rings is 2. The number of halogens is 1. The van der Waals surface area contributed by atoms with Crippen LogP contribution in [0.1, 0.15) is 11.1 Å². The Balaban J connectivity index is 1.37. The van der Waals surface area contributed by atoms with Gasteiger partial charge >= 0.3 is 0 Å². The zero-order valence-corrected chi connectivity index (χ0v) is 18.9. The molecular weight excluding hydrogens is 424 g/mol. The minimum atomic E-state index is 0.725. The molecule has 0 bridgehead atoms. The highest BCUT2D eigenvalue weighted by atomic mass is 35.5. The van der Waals surface area contributed by atoms with E-state index < -0.39 is 0 Å². The second-order valence-electron chi connectivity index (χ2n) is 7.25. The molecule has 1 aliphatic rings. The Morgan fingerprint density at radius 3 is 2.24 bits per heavy atom. The molecule has 2 aromatic heterocycles. The number of hydrogen-bond donors (Lipinski definition) is 0. The van der Waals surface area contributed by atoms with Crippen LogP contribution < -0.4 is 14.5 Å². The van der Waals surface area contributed by atoms with E-state index in [1.807, 2.05) is 12.1 Å². The molecular formula is C21H21ClN4OS2. The zero-order chi connectivity index (χ0) is 20.1. The van der Waals surface area contributed by atoms with E-state index in [1.165, 1.54) is 15.8 Å². The van der Waals surface area contributed by atoms with Gasteiger partial charge in [-0.1, -0.05) is 40.3 Å². The van der Waals surface area contributed by atoms with Gasteiger partial charge in [-0.25, -0.2) is 9.97 Å². The smallest absolute Gasteiger partial charge is 0.186 e. The fraction of sp³-hybridized carbons (Fsp3) is 0.333. The van der Waals surface area contributed by atoms with Crippen LogP contribution in [0.2, 0.25) is 5.02 Å². The van der Waals surface area contributed by atoms with Gasteiger partial charge in [-0.2, -0.15) is 0 Å². The zero-order valence-electron chi connectivity index (χ0n) is 16.5. The predicted molar refractivity (Wildman–Crippen MR) is 125 cm³/mol. The van der Waals surface area contributed by atoms with E-state index in [-0.39, 0.29) is 0 Å². The Labute approximate surface area is 182 Å². The molecule has 8 heteroatoms. The van der Waals surface area contributed by atoms with Crippen LogP contribution in [-0.2, 0) is 0 Å². The molecule has 4 aromatic rings. The largest absolute Gasteiger partial charge is 0.494 e. The quantitative estimate of drug-likeness (QED) is 0.416. The molecule has 1 fully saturated rings. The van der Waals surface area contributed by atoms with Crippen LogP contribution in [0.3, 0.4) is 0 Å². The van der Waals surface area contributed by atoms with Gasteiger partial charge in [0.25, 0.3) is 0 Å². The van der Waals surface area contributed by atoms with Crippen LogP contribution in [0.5, 0.6) is 5.75 Å². The molecule has 150 valence electrons. The molecule has 0 radical (unpaired) electrons. The van der Waals surface area contributed by atoms with Crippen molar-refractivity contribution in [3.8, 4) is 5.75 Å². The van der Waals surface area contributed by atoms with Crippen molar-refractivity contribution in [1.29, 1.82) is 0 Å². The fourth-order valence-electron chi connectivity index (χ4n) is 3.68. The Morgan fingerprint density at radius 1 is 0.897 bits per heavy atom. The molecule has 0 saturated carbocycles. The summed E-state index contributed by atoms with van der Waals surface area (Å²) in [4.78, 5) is 14.5. The van der Waals surface area contributed by atoms with Crippen LogP contribution >= 0.6 is 34.3 Å². The maximum Gasteiger partial charge on any atom is 0.186 e. The summed E-state index contributed by atoms with van der Waals surface area (Å²) >= 11 is 9.80. The van der Waals surface area contributed by atoms with Crippen molar-refractivity contribution in [2.24, 2.45) is 0 Å². The number of rotatable bonds is 3. The minimum absolute atomic E-state index is 0.725. The molecule has 2 aromatic carbocycles. The summed E-state index contributed by atoms with van der Waals surface area (Å²) in [6.45, 7) is 7.98. The highest BCUT2D eigenvalue weighted by molar-refractivity contribution is 7.23. The van der Waals surface area contributed by atoms with Crippen molar-refractivity contribution < 1.29 is 4.74 Å². The number of aryl methyl sites for hydroxylation is 2. The lowest BCUT2D eigenvalue weighted by molar-refractivity contribution is 0.419. The monoisotopic (exact) mass is 444 g/mol. The Bertz CT molecular complexity index is 1210. The predicted octanol–water partition coefficient (Wildman–Crippen LogP) is 5.51. The summed E-state index contributed by atoms with van der Waals surface area (Å²) < 4.78 is 7.71. The average Bonchev–Trinajstić information content (AvgIpc) is 3.37. The van der Waals surface area contributed by atoms with Gasteiger partial charge in [0.15, 0.2) is 10.3 Å². The van der Waals surface area contributed by atoms with Gasteiger partial charge in [0.1, 0.15) is 11.3 Å². The van der Waals surface area contributed by atoms with Gasteiger partial charge in [0.05, 0.1) is 27.0 Å². The lowest BCUT2D eigenvalue weighted by Gasteiger charge is -2.34. The molecule has 1 aliphatic heterocycles. The number of methoxy groups -OCH3 is 1. The highest BCUT2D eigenvalue weighted by Gasteiger charge is 2.23. The van der Waals surface area contributed by atoms with E-state index in [9.17, 15) is 0 Å². The molecule has 29 heavy (non-hydrogen) atoms. The topological polar surface area (TPSA) is 41.5 Å². The molecule has 3 heterocycles. The summed E-state index contributed by atoms with van der Waals surface area (Å²) in [5.41, 5.74) is 4.56. The van der Waals surface area contributed by atoms with Crippen LogP contribution in [0.25, 0.3) is 20.4 Å². The molecule has 0 N–H and O–H groups in total. The summed E-state index contributed by atoms with van der Waals surface area (Å²) in [6.07, 6.45) is 0. The second kappa shape index (κ2) is 7.31. The van der Waals surface area contributed by atoms with Crippen LogP contribution in [0, 0.1) is 13.8 Å². The second-order valence-corrected chi connectivity index (χ2v) is 9.64. The number of benzene rings is 2. The first-order valence-electron chi connectivity index (χ1n) is 9.55. The summed E-state index contributed by atoms with van der Waals surface area (Å²) in [6, 6.07) is 8.12. The Kier molecular flexibility index (Phi) is 4.76. The molecule has 0 unspecified atom stereocenters. The third-order valence-corrected chi connectivity index (χ3v) is 8.22. The van der Waals surface area contributed by atoms with Gasteiger partial charge in [-0.05, 0) is 43.2 Å². The molecule has 0 atom stereocenters. The van der Waals surface area contributed by atoms with Crippen molar-refractivity contribution >= 4 is 65.0 Å². The van der Waals surface area contributed by atoms with E-state index >= 15 is 0 Å². The lowest BCUT2D eigenvalue weighted by atomic mass is 10.1. The Morgan fingerprint density at radius 2 is 1.55 bits per heavy atom. The number of ether oxygens (including phenoxy) is 1. The molecule has 1 saturated heterocycles. The number of piperazine rings is 1. The molecule has 0 spiro atoms. The lowest BCUT2D eigenvalue weighted by Crippen LogP contribution is -2.46. The van der Waals surface area contributed by atoms with E-state index in [2.05, 4.69) is 35.8 Å². The third-order valence-electron chi connectivity index (χ3n) is 5.56. The first-order valence-corrected chi connectivity index (χ1v) is 11.6. The molecule has 5 rings (SSSR count). The fourth-order valence-corrected chi connectivity index (χ4v) is 6.06. The summed E-state index contributed by atoms with van der Waals surface area (Å²) in [7, 11) is 1.67. The SMILES string of the molecule is COc1ccc(Cl)c2sc(N3CCN(c4nc5c(C)c(C)ccc5s4)CC3)nc12. The first-order chi connectivity index (χ1) is 14.0. The van der Waals surface area contributed by atoms with Crippen molar-refractivity contribution in [3.63, 3.8) is 0 Å². The maximum atomic E-state index is 6.39. The van der Waals surface area contributed by atoms with Crippen molar-refractivity contribution in [2.75, 3.05) is 43.1 Å². The van der Waals surface area contributed by atoms with Crippen LogP contribution in [0.15, 0.2) is 24.3 Å². The first kappa shape index (κ1) is 18.9. The van der Waals surface area contributed by atoms with Crippen LogP contribution in [-0.4, -0.2) is 43.3 Å². The van der Waals surface area contributed by atoms with Gasteiger partial charge in [0, 0.05) is 26.2 Å². The number of fused-ring (bicyclic) bond motifs is 2. The molecule has 0 aliphatic carbocycles. The number of hydrogen-bond acceptors (Lipinski definition) is 7. The molecule has 5 nitrogen and oxygen atoms in total. The van der Waals surface area contributed by atoms with Crippen molar-refractivity contribution in [1.82, 2.24) is 9.97 Å². The van der Waals surface area contributed by atoms with Crippen molar-refractivity contribution in [3.05, 3.63) is 40.4 Å². The minimum Gasteiger partial charge on any atom is -0.494 e. The van der Waals surface area contributed by atoms with E-state index in [4.69, 9.17) is 26.3 Å². The summed E-state index contributed by atoms with van der Waals surface area (Å²) in [5.74, 6) is 0.769. The van der Waals surface area contributed by atoms with E-state index in [1.54, 1.807) is 29.8 Å². The number of aromatic nitrogens is 2. The Hall–Kier alpha value is -2.09. The third kappa shape index (κ3) is 3.21. The number of nitrogens with zero attached hydrogens (tertiary/aromatic N) is 4. The van der Waals surface area contributed by atoms with Gasteiger partial charge in [-0.15, -0.1) is 0 Å². The van der Waals surface area contributed by atoms with Crippen molar-refractivity contribution in [2.45, 2.75) is 13.8 Å². The van der Waals surface area contributed by atoms with Gasteiger partial charge in [0.2, 0.25) is 0 Å². The maximum absolute atomic E-state index is 6.39. The van der Waals surface area contributed by atoms with Gasteiger partial charge in [-0.3, -0.25) is 0 Å². The van der Waals surface area contributed by atoms with E-state index in [0.29, 0.717) is 0 Å². The summed E-state index contributed by atoms with van der Waals surface area (Å²) in [5, 5.41) is 2.84. The van der Waals surface area contributed by atoms with Gasteiger partial charge < -0.3 is 14.5 Å². The van der Waals surface area contributed by atoms with E-state index in [0.717, 1.165) is 62.9 Å². The highest BCUT2D eigenvalue weighted by Crippen LogP contribution is 2.39. The number of anilines is 2. The normalized spacial score (nSPS) is 14.9. The standard InChI is InChI=1S/C21H21ClN4OS2/c1-12-4-7-16-17(13(12)2)23-20(28-16)25-8-10-26(11-9-25)21-24-18-15(27-3)6-5-14(22)19(18)29-21/h4-7H,8-11H2,1-3H3. The average molecular weight is 445 g/mol.